The normalized spacial score (nSPS) is 12.3. The second-order valence-electron chi connectivity index (χ2n) is 6.42. The van der Waals surface area contributed by atoms with Crippen LogP contribution in [0.25, 0.3) is 0 Å². The third-order valence-corrected chi connectivity index (χ3v) is 5.16. The molecule has 0 aliphatic heterocycles. The zero-order valence-electron chi connectivity index (χ0n) is 14.2. The summed E-state index contributed by atoms with van der Waals surface area (Å²) in [6.07, 6.45) is 0. The van der Waals surface area contributed by atoms with Crippen LogP contribution in [0.3, 0.4) is 0 Å². The van der Waals surface area contributed by atoms with E-state index in [1.54, 1.807) is 26.0 Å². The number of nitrogens with one attached hydrogen (secondary N) is 1. The second kappa shape index (κ2) is 5.88. The minimum Gasteiger partial charge on any atom is -0.495 e. The summed E-state index contributed by atoms with van der Waals surface area (Å²) >= 11 is 0. The number of aryl methyl sites for hydroxylation is 2. The highest BCUT2D eigenvalue weighted by Crippen LogP contribution is 2.33. The van der Waals surface area contributed by atoms with Gasteiger partial charge in [0, 0.05) is 0 Å². The summed E-state index contributed by atoms with van der Waals surface area (Å²) in [6, 6.07) is 5.47. The Hall–Kier alpha value is -2.02. The van der Waals surface area contributed by atoms with Gasteiger partial charge in [0.2, 0.25) is 0 Å². The van der Waals surface area contributed by atoms with Gasteiger partial charge >= 0.3 is 0 Å². The number of ether oxygens (including phenoxy) is 1. The van der Waals surface area contributed by atoms with E-state index in [1.807, 2.05) is 6.07 Å². The Morgan fingerprint density at radius 3 is 2.35 bits per heavy atom. The van der Waals surface area contributed by atoms with Crippen molar-refractivity contribution in [2.24, 2.45) is 0 Å². The number of nitrogens with zero attached hydrogens (tertiary/aromatic N) is 1. The molecule has 1 aromatic heterocycles. The van der Waals surface area contributed by atoms with E-state index < -0.39 is 10.0 Å². The molecule has 1 aromatic carbocycles. The van der Waals surface area contributed by atoms with Gasteiger partial charge in [0.1, 0.15) is 11.4 Å². The molecule has 0 amide bonds. The first-order valence-corrected chi connectivity index (χ1v) is 8.69. The van der Waals surface area contributed by atoms with Crippen molar-refractivity contribution in [1.29, 1.82) is 0 Å². The van der Waals surface area contributed by atoms with E-state index in [1.165, 1.54) is 7.11 Å². The van der Waals surface area contributed by atoms with Gasteiger partial charge in [0.25, 0.3) is 10.0 Å². The number of aromatic nitrogens is 1. The van der Waals surface area contributed by atoms with Crippen molar-refractivity contribution >= 4 is 15.7 Å². The Labute approximate surface area is 136 Å². The van der Waals surface area contributed by atoms with Crippen molar-refractivity contribution in [3.8, 4) is 5.75 Å². The van der Waals surface area contributed by atoms with Crippen LogP contribution in [0.4, 0.5) is 5.69 Å². The van der Waals surface area contributed by atoms with Crippen molar-refractivity contribution in [3.05, 3.63) is 35.2 Å². The van der Waals surface area contributed by atoms with Gasteiger partial charge in [0.05, 0.1) is 12.8 Å². The summed E-state index contributed by atoms with van der Waals surface area (Å²) in [6.45, 7) is 9.33. The number of methoxy groups -OCH3 is 1. The van der Waals surface area contributed by atoms with Crippen LogP contribution in [0.15, 0.2) is 27.6 Å². The third kappa shape index (κ3) is 3.50. The second-order valence-corrected chi connectivity index (χ2v) is 8.04. The molecule has 1 N–H and O–H groups in total. The van der Waals surface area contributed by atoms with Gasteiger partial charge in [-0.1, -0.05) is 32.0 Å². The smallest absolute Gasteiger partial charge is 0.267 e. The molecule has 1 heterocycles. The maximum Gasteiger partial charge on any atom is 0.267 e. The average molecular weight is 338 g/mol. The van der Waals surface area contributed by atoms with E-state index in [4.69, 9.17) is 9.26 Å². The lowest BCUT2D eigenvalue weighted by molar-refractivity contribution is 0.390. The first-order valence-electron chi connectivity index (χ1n) is 7.20. The molecule has 0 aliphatic carbocycles. The molecule has 0 saturated carbocycles. The van der Waals surface area contributed by atoms with Crippen LogP contribution >= 0.6 is 0 Å². The first kappa shape index (κ1) is 17.3. The van der Waals surface area contributed by atoms with E-state index in [0.29, 0.717) is 17.1 Å². The molecule has 0 spiro atoms. The van der Waals surface area contributed by atoms with Gasteiger partial charge < -0.3 is 9.26 Å². The van der Waals surface area contributed by atoms with E-state index in [9.17, 15) is 8.42 Å². The van der Waals surface area contributed by atoms with Crippen LogP contribution < -0.4 is 9.46 Å². The van der Waals surface area contributed by atoms with Crippen LogP contribution in [0.5, 0.6) is 5.75 Å². The Morgan fingerprint density at radius 1 is 1.22 bits per heavy atom. The number of sulfonamides is 1. The fourth-order valence-corrected chi connectivity index (χ4v) is 3.70. The minimum atomic E-state index is -3.81. The summed E-state index contributed by atoms with van der Waals surface area (Å²) in [7, 11) is -2.31. The maximum atomic E-state index is 12.7. The van der Waals surface area contributed by atoms with Crippen molar-refractivity contribution in [3.63, 3.8) is 0 Å². The van der Waals surface area contributed by atoms with Crippen molar-refractivity contribution < 1.29 is 17.7 Å². The third-order valence-electron chi connectivity index (χ3n) is 3.55. The SMILES string of the molecule is COc1ccc(C(C)(C)C)cc1NS(=O)(=O)c1c(C)noc1C. The summed E-state index contributed by atoms with van der Waals surface area (Å²) < 4.78 is 38.1. The number of hydrogen-bond acceptors (Lipinski definition) is 5. The van der Waals surface area contributed by atoms with E-state index in [0.717, 1.165) is 5.56 Å². The zero-order valence-corrected chi connectivity index (χ0v) is 15.0. The molecule has 2 aromatic rings. The molecule has 126 valence electrons. The molecule has 23 heavy (non-hydrogen) atoms. The predicted octanol–water partition coefficient (Wildman–Crippen LogP) is 3.40. The van der Waals surface area contributed by atoms with Gasteiger partial charge in [-0.15, -0.1) is 0 Å². The Kier molecular flexibility index (Phi) is 4.43. The standard InChI is InChI=1S/C16H22N2O4S/c1-10-15(11(2)22-17-10)23(19,20)18-13-9-12(16(3,4)5)7-8-14(13)21-6/h7-9,18H,1-6H3. The Balaban J connectivity index is 2.50. The Bertz CT molecular complexity index is 798. The molecule has 0 saturated heterocycles. The zero-order chi connectivity index (χ0) is 17.4. The van der Waals surface area contributed by atoms with Crippen LogP contribution in [-0.2, 0) is 15.4 Å². The molecule has 0 unspecified atom stereocenters. The molecule has 0 atom stereocenters. The fraction of sp³-hybridized carbons (Fsp3) is 0.438. The lowest BCUT2D eigenvalue weighted by Gasteiger charge is -2.21. The molecular formula is C16H22N2O4S. The molecule has 0 radical (unpaired) electrons. The predicted molar refractivity (Wildman–Crippen MR) is 88.5 cm³/mol. The van der Waals surface area contributed by atoms with Gasteiger partial charge in [0.15, 0.2) is 10.7 Å². The van der Waals surface area contributed by atoms with Gasteiger partial charge in [-0.05, 0) is 37.0 Å². The molecule has 2 rings (SSSR count). The van der Waals surface area contributed by atoms with Crippen LogP contribution in [0.1, 0.15) is 37.8 Å². The number of hydrogen-bond donors (Lipinski definition) is 1. The van der Waals surface area contributed by atoms with Crippen molar-refractivity contribution in [2.75, 3.05) is 11.8 Å². The topological polar surface area (TPSA) is 81.4 Å². The fourth-order valence-electron chi connectivity index (χ4n) is 2.31. The first-order chi connectivity index (χ1) is 10.6. The van der Waals surface area contributed by atoms with Crippen molar-refractivity contribution in [2.45, 2.75) is 44.9 Å². The van der Waals surface area contributed by atoms with Gasteiger partial charge in [-0.2, -0.15) is 0 Å². The molecule has 6 nitrogen and oxygen atoms in total. The summed E-state index contributed by atoms with van der Waals surface area (Å²) in [4.78, 5) is 0.0562. The van der Waals surface area contributed by atoms with E-state index in [2.05, 4.69) is 30.6 Å². The highest BCUT2D eigenvalue weighted by Gasteiger charge is 2.26. The minimum absolute atomic E-state index is 0.0562. The highest BCUT2D eigenvalue weighted by atomic mass is 32.2. The summed E-state index contributed by atoms with van der Waals surface area (Å²) in [5, 5.41) is 3.70. The van der Waals surface area contributed by atoms with Crippen molar-refractivity contribution in [1.82, 2.24) is 5.16 Å². The van der Waals surface area contributed by atoms with E-state index in [-0.39, 0.29) is 16.1 Å². The summed E-state index contributed by atoms with van der Waals surface area (Å²) in [5.74, 6) is 0.703. The highest BCUT2D eigenvalue weighted by molar-refractivity contribution is 7.92. The van der Waals surface area contributed by atoms with E-state index >= 15 is 0 Å². The average Bonchev–Trinajstić information content (AvgIpc) is 2.77. The van der Waals surface area contributed by atoms with Crippen LogP contribution in [-0.4, -0.2) is 20.7 Å². The molecule has 0 bridgehead atoms. The quantitative estimate of drug-likeness (QED) is 0.924. The van der Waals surface area contributed by atoms with Gasteiger partial charge in [-0.25, -0.2) is 8.42 Å². The van der Waals surface area contributed by atoms with Crippen LogP contribution in [0.2, 0.25) is 0 Å². The number of anilines is 1. The molecule has 0 aliphatic rings. The lowest BCUT2D eigenvalue weighted by Crippen LogP contribution is -2.17. The Morgan fingerprint density at radius 2 is 1.87 bits per heavy atom. The van der Waals surface area contributed by atoms with Crippen LogP contribution in [0, 0.1) is 13.8 Å². The molecular weight excluding hydrogens is 316 g/mol. The van der Waals surface area contributed by atoms with Gasteiger partial charge in [-0.3, -0.25) is 4.72 Å². The molecule has 7 heteroatoms. The lowest BCUT2D eigenvalue weighted by atomic mass is 9.87. The largest absolute Gasteiger partial charge is 0.495 e. The monoisotopic (exact) mass is 338 g/mol. The molecule has 0 fully saturated rings. The maximum absolute atomic E-state index is 12.7. The number of benzene rings is 1. The summed E-state index contributed by atoms with van der Waals surface area (Å²) in [5.41, 5.74) is 1.59. The number of rotatable bonds is 4.